The highest BCUT2D eigenvalue weighted by atomic mass is 32.1. The molecule has 1 heterocycles. The minimum atomic E-state index is 0.357. The highest BCUT2D eigenvalue weighted by Crippen LogP contribution is 2.14. The zero-order valence-corrected chi connectivity index (χ0v) is 6.85. The maximum absolute atomic E-state index is 5.56. The Bertz CT molecular complexity index is 304. The third-order valence-electron chi connectivity index (χ3n) is 1.22. The Morgan fingerprint density at radius 3 is 2.82 bits per heavy atom. The molecule has 0 aromatic carbocycles. The second kappa shape index (κ2) is 2.85. The molecule has 1 aromatic rings. The second-order valence-electron chi connectivity index (χ2n) is 2.08. The van der Waals surface area contributed by atoms with E-state index in [2.05, 4.69) is 9.97 Å². The van der Waals surface area contributed by atoms with E-state index in [1.54, 1.807) is 7.05 Å². The average molecular weight is 171 g/mol. The molecule has 0 spiro atoms. The van der Waals surface area contributed by atoms with Crippen molar-refractivity contribution in [1.29, 1.82) is 0 Å². The minimum Gasteiger partial charge on any atom is -0.393 e. The number of hydrogen-bond donors (Lipinski definition) is 3. The van der Waals surface area contributed by atoms with Crippen LogP contribution in [-0.4, -0.2) is 17.0 Å². The van der Waals surface area contributed by atoms with Gasteiger partial charge in [0, 0.05) is 7.05 Å². The van der Waals surface area contributed by atoms with Gasteiger partial charge in [-0.2, -0.15) is 0 Å². The highest BCUT2D eigenvalue weighted by molar-refractivity contribution is 7.71. The van der Waals surface area contributed by atoms with Crippen LogP contribution in [0.25, 0.3) is 0 Å². The Hall–Kier alpha value is -1.14. The van der Waals surface area contributed by atoms with E-state index in [1.165, 1.54) is 11.3 Å². The monoisotopic (exact) mass is 171 g/mol. The molecule has 0 aliphatic carbocycles. The van der Waals surface area contributed by atoms with Crippen molar-refractivity contribution < 1.29 is 0 Å². The molecule has 0 atom stereocenters. The average Bonchev–Trinajstić information content (AvgIpc) is 1.94. The van der Waals surface area contributed by atoms with E-state index in [1.807, 2.05) is 0 Å². The number of aromatic nitrogens is 2. The van der Waals surface area contributed by atoms with Crippen molar-refractivity contribution in [1.82, 2.24) is 9.97 Å². The van der Waals surface area contributed by atoms with E-state index in [4.69, 9.17) is 23.8 Å². The third kappa shape index (κ3) is 1.47. The summed E-state index contributed by atoms with van der Waals surface area (Å²) >= 11 is 4.82. The summed E-state index contributed by atoms with van der Waals surface area (Å²) in [5, 5.41) is 1.35. The van der Waals surface area contributed by atoms with Crippen molar-refractivity contribution in [2.45, 2.75) is 0 Å². The first-order chi connectivity index (χ1) is 5.13. The van der Waals surface area contributed by atoms with E-state index in [-0.39, 0.29) is 0 Å². The molecule has 0 aliphatic rings. The van der Waals surface area contributed by atoms with Crippen molar-refractivity contribution >= 4 is 23.7 Å². The summed E-state index contributed by atoms with van der Waals surface area (Å²) in [6.45, 7) is 0. The quantitative estimate of drug-likeness (QED) is 0.315. The van der Waals surface area contributed by atoms with Crippen LogP contribution in [0, 0.1) is 4.64 Å². The molecule has 0 saturated carbocycles. The smallest absolute Gasteiger partial charge is 0.154 e. The highest BCUT2D eigenvalue weighted by Gasteiger charge is 2.02. The van der Waals surface area contributed by atoms with Crippen molar-refractivity contribution in [3.05, 3.63) is 11.0 Å². The first-order valence-corrected chi connectivity index (χ1v) is 3.35. The summed E-state index contributed by atoms with van der Waals surface area (Å²) in [5.41, 5.74) is 5.96. The molecule has 1 aromatic heterocycles. The second-order valence-corrected chi connectivity index (χ2v) is 2.47. The number of H-pyrrole nitrogens is 1. The van der Waals surface area contributed by atoms with Crippen LogP contribution in [0.2, 0.25) is 0 Å². The molecular weight excluding hydrogens is 162 g/mol. The molecule has 0 radical (unpaired) electrons. The Kier molecular flexibility index (Phi) is 2.06. The molecule has 0 unspecified atom stereocenters. The van der Waals surface area contributed by atoms with Crippen LogP contribution >= 0.6 is 12.2 Å². The zero-order chi connectivity index (χ0) is 8.43. The lowest BCUT2D eigenvalue weighted by Crippen LogP contribution is -2.27. The zero-order valence-electron chi connectivity index (χ0n) is 6.03. The molecule has 0 bridgehead atoms. The number of aromatic amines is 1. The van der Waals surface area contributed by atoms with Crippen molar-refractivity contribution in [3.63, 3.8) is 0 Å². The van der Waals surface area contributed by atoms with Gasteiger partial charge in [-0.3, -0.25) is 5.01 Å². The maximum Gasteiger partial charge on any atom is 0.154 e. The molecule has 11 heavy (non-hydrogen) atoms. The lowest BCUT2D eigenvalue weighted by molar-refractivity contribution is 0.963. The summed E-state index contributed by atoms with van der Waals surface area (Å²) in [6, 6.07) is 0. The van der Waals surface area contributed by atoms with Crippen molar-refractivity contribution in [2.24, 2.45) is 5.84 Å². The maximum atomic E-state index is 5.56. The van der Waals surface area contributed by atoms with Crippen LogP contribution < -0.4 is 16.6 Å². The van der Waals surface area contributed by atoms with Gasteiger partial charge in [-0.15, -0.1) is 0 Å². The molecule has 0 amide bonds. The van der Waals surface area contributed by atoms with Crippen molar-refractivity contribution in [2.75, 3.05) is 17.8 Å². The fourth-order valence-electron chi connectivity index (χ4n) is 0.692. The first kappa shape index (κ1) is 7.96. The number of hydrogen-bond acceptors (Lipinski definition) is 5. The van der Waals surface area contributed by atoms with Gasteiger partial charge in [0.2, 0.25) is 0 Å². The number of rotatable bonds is 1. The fraction of sp³-hybridized carbons (Fsp3) is 0.200. The number of hydrazine groups is 1. The van der Waals surface area contributed by atoms with E-state index >= 15 is 0 Å². The van der Waals surface area contributed by atoms with Crippen LogP contribution in [0.5, 0.6) is 0 Å². The summed E-state index contributed by atoms with van der Waals surface area (Å²) in [4.78, 5) is 6.55. The van der Waals surface area contributed by atoms with Gasteiger partial charge in [0.05, 0.1) is 6.33 Å². The predicted octanol–water partition coefficient (Wildman–Crippen LogP) is 0.0313. The Morgan fingerprint density at radius 2 is 2.36 bits per heavy atom. The SMILES string of the molecule is CN(N)c1[nH]cnc(=S)c1N. The Morgan fingerprint density at radius 1 is 1.73 bits per heavy atom. The molecule has 60 valence electrons. The van der Waals surface area contributed by atoms with Gasteiger partial charge in [0.1, 0.15) is 11.5 Å². The standard InChI is InChI=1S/C5H9N5S/c1-10(7)4-3(6)5(11)9-2-8-4/h2H,6-7H2,1H3,(H,8,9,11). The Balaban J connectivity index is 3.28. The lowest BCUT2D eigenvalue weighted by Gasteiger charge is -2.12. The van der Waals surface area contributed by atoms with E-state index < -0.39 is 0 Å². The lowest BCUT2D eigenvalue weighted by atomic mass is 10.5. The largest absolute Gasteiger partial charge is 0.393 e. The van der Waals surface area contributed by atoms with E-state index in [0.717, 1.165) is 0 Å². The van der Waals surface area contributed by atoms with E-state index in [9.17, 15) is 0 Å². The predicted molar refractivity (Wildman–Crippen MR) is 46.4 cm³/mol. The molecule has 0 aliphatic heterocycles. The molecule has 5 nitrogen and oxygen atoms in total. The number of nitrogens with zero attached hydrogens (tertiary/aromatic N) is 2. The molecule has 6 heteroatoms. The molecule has 0 fully saturated rings. The van der Waals surface area contributed by atoms with Gasteiger partial charge < -0.3 is 10.7 Å². The minimum absolute atomic E-state index is 0.357. The van der Waals surface area contributed by atoms with Crippen LogP contribution in [0.1, 0.15) is 0 Å². The van der Waals surface area contributed by atoms with Gasteiger partial charge in [-0.25, -0.2) is 10.8 Å². The number of nitrogen functional groups attached to an aromatic ring is 1. The summed E-state index contributed by atoms with van der Waals surface area (Å²) in [7, 11) is 1.66. The summed E-state index contributed by atoms with van der Waals surface area (Å²) in [5.74, 6) is 6.01. The first-order valence-electron chi connectivity index (χ1n) is 2.94. The summed E-state index contributed by atoms with van der Waals surface area (Å²) in [6.07, 6.45) is 1.46. The normalized spacial score (nSPS) is 9.64. The van der Waals surface area contributed by atoms with Gasteiger partial charge in [-0.1, -0.05) is 12.2 Å². The van der Waals surface area contributed by atoms with Crippen LogP contribution in [0.15, 0.2) is 6.33 Å². The number of nitrogens with one attached hydrogen (secondary N) is 1. The van der Waals surface area contributed by atoms with Crippen LogP contribution in [0.4, 0.5) is 11.5 Å². The topological polar surface area (TPSA) is 84.0 Å². The Labute approximate surface area is 69.0 Å². The van der Waals surface area contributed by atoms with Crippen LogP contribution in [0.3, 0.4) is 0 Å². The van der Waals surface area contributed by atoms with E-state index in [0.29, 0.717) is 16.1 Å². The molecule has 1 rings (SSSR count). The van der Waals surface area contributed by atoms with Gasteiger partial charge in [0.15, 0.2) is 4.64 Å². The molecule has 0 saturated heterocycles. The summed E-state index contributed by atoms with van der Waals surface area (Å²) < 4.78 is 0.357. The molecule has 5 N–H and O–H groups in total. The molecular formula is C5H9N5S. The van der Waals surface area contributed by atoms with Crippen molar-refractivity contribution in [3.8, 4) is 0 Å². The van der Waals surface area contributed by atoms with Gasteiger partial charge in [-0.05, 0) is 0 Å². The number of anilines is 2. The fourth-order valence-corrected chi connectivity index (χ4v) is 0.842. The third-order valence-corrected chi connectivity index (χ3v) is 1.55. The van der Waals surface area contributed by atoms with Gasteiger partial charge >= 0.3 is 0 Å². The number of nitrogens with two attached hydrogens (primary N) is 2. The van der Waals surface area contributed by atoms with Crippen LogP contribution in [-0.2, 0) is 0 Å². The van der Waals surface area contributed by atoms with Gasteiger partial charge in [0.25, 0.3) is 0 Å².